The summed E-state index contributed by atoms with van der Waals surface area (Å²) in [5.74, 6) is -0.413. The van der Waals surface area contributed by atoms with Gasteiger partial charge in [0.25, 0.3) is 0 Å². The molecule has 2 atom stereocenters. The first-order valence-electron chi connectivity index (χ1n) is 9.81. The van der Waals surface area contributed by atoms with Gasteiger partial charge in [-0.15, -0.1) is 0 Å². The lowest BCUT2D eigenvalue weighted by atomic mass is 9.54. The van der Waals surface area contributed by atoms with E-state index in [1.54, 1.807) is 18.3 Å². The average molecular weight is 437 g/mol. The van der Waals surface area contributed by atoms with Crippen molar-refractivity contribution < 1.29 is 9.59 Å². The number of hydrogen-bond donors (Lipinski definition) is 1. The third-order valence-electron chi connectivity index (χ3n) is 6.39. The van der Waals surface area contributed by atoms with Crippen LogP contribution < -0.4 is 5.32 Å². The van der Waals surface area contributed by atoms with E-state index in [0.29, 0.717) is 15.9 Å². The van der Waals surface area contributed by atoms with E-state index in [4.69, 9.17) is 23.2 Å². The van der Waals surface area contributed by atoms with Crippen molar-refractivity contribution in [3.8, 4) is 0 Å². The lowest BCUT2D eigenvalue weighted by molar-refractivity contribution is -0.128. The van der Waals surface area contributed by atoms with Gasteiger partial charge >= 0.3 is 0 Å². The minimum absolute atomic E-state index is 0.0839. The molecular weight excluding hydrogens is 419 g/mol. The van der Waals surface area contributed by atoms with Crippen molar-refractivity contribution in [1.82, 2.24) is 4.98 Å². The summed E-state index contributed by atoms with van der Waals surface area (Å²) < 4.78 is 0. The zero-order valence-corrected chi connectivity index (χ0v) is 17.5. The Morgan fingerprint density at radius 1 is 0.833 bits per heavy atom. The van der Waals surface area contributed by atoms with Crippen LogP contribution in [0.25, 0.3) is 0 Å². The number of benzene rings is 2. The molecule has 1 N–H and O–H groups in total. The number of ketones is 1. The van der Waals surface area contributed by atoms with Gasteiger partial charge in [0.1, 0.15) is 11.6 Å². The fourth-order valence-corrected chi connectivity index (χ4v) is 5.73. The van der Waals surface area contributed by atoms with Crippen molar-refractivity contribution in [2.45, 2.75) is 30.1 Å². The zero-order valence-electron chi connectivity index (χ0n) is 15.9. The Morgan fingerprint density at radius 2 is 1.40 bits per heavy atom. The molecule has 1 spiro atoms. The minimum Gasteiger partial charge on any atom is -0.310 e. The number of fused-ring (bicyclic) bond motifs is 2. The molecule has 2 heterocycles. The lowest BCUT2D eigenvalue weighted by Gasteiger charge is -2.46. The molecule has 1 aliphatic heterocycles. The summed E-state index contributed by atoms with van der Waals surface area (Å²) in [5.41, 5.74) is 1.33. The second-order valence-corrected chi connectivity index (χ2v) is 8.63. The van der Waals surface area contributed by atoms with Crippen LogP contribution >= 0.6 is 23.2 Å². The van der Waals surface area contributed by atoms with Gasteiger partial charge in [-0.05, 0) is 29.3 Å². The third kappa shape index (κ3) is 2.71. The first kappa shape index (κ1) is 19.3. The average Bonchev–Trinajstić information content (AvgIpc) is 3.03. The molecular formula is C24H18Cl2N2O2. The Kier molecular flexibility index (Phi) is 4.64. The van der Waals surface area contributed by atoms with E-state index in [2.05, 4.69) is 10.3 Å². The van der Waals surface area contributed by atoms with Crippen LogP contribution in [-0.2, 0) is 15.0 Å². The smallest absolute Gasteiger partial charge is 0.237 e. The minimum atomic E-state index is -1.03. The summed E-state index contributed by atoms with van der Waals surface area (Å²) in [6, 6.07) is 18.6. The molecule has 30 heavy (non-hydrogen) atoms. The van der Waals surface area contributed by atoms with E-state index in [0.717, 1.165) is 16.7 Å². The highest BCUT2D eigenvalue weighted by Crippen LogP contribution is 2.60. The van der Waals surface area contributed by atoms with Crippen molar-refractivity contribution in [1.29, 1.82) is 0 Å². The Balaban J connectivity index is 1.84. The Bertz CT molecular complexity index is 1120. The molecule has 2 aromatic carbocycles. The number of Topliss-reactive ketones (excluding diaryl/α,β-unsaturated/α-hetero) is 1. The number of aromatic nitrogens is 1. The number of carbonyl (C=O) groups excluding carboxylic acids is 2. The second-order valence-electron chi connectivity index (χ2n) is 7.82. The van der Waals surface area contributed by atoms with E-state index in [1.807, 2.05) is 48.5 Å². The SMILES string of the molecule is O=C1CC(c2ccccc2Cl)C2(C(=O)Nc3ncccc32)C(c2ccccc2Cl)C1. The normalized spacial score (nSPS) is 25.3. The van der Waals surface area contributed by atoms with Crippen LogP contribution in [0.5, 0.6) is 0 Å². The molecule has 2 unspecified atom stereocenters. The molecule has 1 fully saturated rings. The molecule has 6 heteroatoms. The number of pyridine rings is 1. The monoisotopic (exact) mass is 436 g/mol. The van der Waals surface area contributed by atoms with Crippen LogP contribution in [0.4, 0.5) is 5.82 Å². The van der Waals surface area contributed by atoms with Gasteiger partial charge in [0.2, 0.25) is 5.91 Å². The molecule has 1 saturated carbocycles. The predicted molar refractivity (Wildman–Crippen MR) is 117 cm³/mol. The van der Waals surface area contributed by atoms with Crippen LogP contribution in [0.2, 0.25) is 10.0 Å². The van der Waals surface area contributed by atoms with Crippen LogP contribution in [0.15, 0.2) is 66.9 Å². The molecule has 2 aliphatic rings. The fraction of sp³-hybridized carbons (Fsp3) is 0.208. The number of nitrogens with zero attached hydrogens (tertiary/aromatic N) is 1. The number of halogens is 2. The number of carbonyl (C=O) groups is 2. The number of nitrogens with one attached hydrogen (secondary N) is 1. The van der Waals surface area contributed by atoms with Gasteiger partial charge in [0, 0.05) is 46.5 Å². The molecule has 1 amide bonds. The van der Waals surface area contributed by atoms with Crippen LogP contribution in [0, 0.1) is 0 Å². The summed E-state index contributed by atoms with van der Waals surface area (Å²) in [5, 5.41) is 4.05. The number of amides is 1. The maximum absolute atomic E-state index is 13.8. The number of rotatable bonds is 2. The van der Waals surface area contributed by atoms with Crippen molar-refractivity contribution >= 4 is 40.7 Å². The third-order valence-corrected chi connectivity index (χ3v) is 7.07. The van der Waals surface area contributed by atoms with Gasteiger partial charge in [-0.2, -0.15) is 0 Å². The Hall–Kier alpha value is -2.69. The van der Waals surface area contributed by atoms with E-state index >= 15 is 0 Å². The van der Waals surface area contributed by atoms with Crippen LogP contribution in [0.3, 0.4) is 0 Å². The van der Waals surface area contributed by atoms with Crippen LogP contribution in [-0.4, -0.2) is 16.7 Å². The quantitative estimate of drug-likeness (QED) is 0.575. The van der Waals surface area contributed by atoms with Gasteiger partial charge in [-0.1, -0.05) is 65.7 Å². The highest BCUT2D eigenvalue weighted by molar-refractivity contribution is 6.32. The molecule has 0 bridgehead atoms. The van der Waals surface area contributed by atoms with Gasteiger partial charge in [0.15, 0.2) is 0 Å². The van der Waals surface area contributed by atoms with Gasteiger partial charge in [0.05, 0.1) is 5.41 Å². The van der Waals surface area contributed by atoms with Crippen molar-refractivity contribution in [3.05, 3.63) is 93.6 Å². The van der Waals surface area contributed by atoms with Gasteiger partial charge in [-0.3, -0.25) is 9.59 Å². The van der Waals surface area contributed by atoms with Crippen molar-refractivity contribution in [3.63, 3.8) is 0 Å². The first-order valence-corrected chi connectivity index (χ1v) is 10.6. The highest BCUT2D eigenvalue weighted by atomic mass is 35.5. The van der Waals surface area contributed by atoms with Gasteiger partial charge in [-0.25, -0.2) is 4.98 Å². The molecule has 3 aromatic rings. The Labute approximate surface area is 184 Å². The first-order chi connectivity index (χ1) is 14.5. The molecule has 1 aromatic heterocycles. The summed E-state index contributed by atoms with van der Waals surface area (Å²) in [7, 11) is 0. The molecule has 4 nitrogen and oxygen atoms in total. The number of anilines is 1. The second kappa shape index (κ2) is 7.22. The summed E-state index contributed by atoms with van der Waals surface area (Å²) >= 11 is 13.2. The molecule has 5 rings (SSSR count). The maximum atomic E-state index is 13.8. The van der Waals surface area contributed by atoms with Crippen molar-refractivity contribution in [2.24, 2.45) is 0 Å². The standard InChI is InChI=1S/C24H18Cl2N2O2/c25-20-9-3-1-6-15(20)18-12-14(29)13-19(16-7-2-4-10-21(16)26)24(18)17-8-5-11-27-22(17)28-23(24)30/h1-11,18-19H,12-13H2,(H,27,28,30). The topological polar surface area (TPSA) is 59.1 Å². The van der Waals surface area contributed by atoms with E-state index < -0.39 is 17.3 Å². The van der Waals surface area contributed by atoms with E-state index in [9.17, 15) is 9.59 Å². The molecule has 0 saturated heterocycles. The van der Waals surface area contributed by atoms with Crippen LogP contribution in [0.1, 0.15) is 41.4 Å². The summed E-state index contributed by atoms with van der Waals surface area (Å²) in [4.78, 5) is 31.1. The zero-order chi connectivity index (χ0) is 20.9. The van der Waals surface area contributed by atoms with E-state index in [1.165, 1.54) is 0 Å². The molecule has 0 radical (unpaired) electrons. The number of hydrogen-bond acceptors (Lipinski definition) is 3. The van der Waals surface area contributed by atoms with Gasteiger partial charge < -0.3 is 5.32 Å². The fourth-order valence-electron chi connectivity index (χ4n) is 5.19. The maximum Gasteiger partial charge on any atom is 0.237 e. The Morgan fingerprint density at radius 3 is 1.97 bits per heavy atom. The summed E-state index contributed by atoms with van der Waals surface area (Å²) in [6.45, 7) is 0. The predicted octanol–water partition coefficient (Wildman–Crippen LogP) is 5.51. The van der Waals surface area contributed by atoms with E-state index in [-0.39, 0.29) is 24.5 Å². The molecule has 1 aliphatic carbocycles. The molecule has 150 valence electrons. The highest BCUT2D eigenvalue weighted by Gasteiger charge is 2.61. The lowest BCUT2D eigenvalue weighted by Crippen LogP contribution is -2.50. The largest absolute Gasteiger partial charge is 0.310 e. The summed E-state index contributed by atoms with van der Waals surface area (Å²) in [6.07, 6.45) is 2.11. The van der Waals surface area contributed by atoms with Crippen molar-refractivity contribution in [2.75, 3.05) is 5.32 Å².